The van der Waals surface area contributed by atoms with Crippen molar-refractivity contribution in [1.82, 2.24) is 10.3 Å². The number of pyridine rings is 1. The third-order valence-electron chi connectivity index (χ3n) is 3.97. The molecule has 3 rings (SSSR count). The number of hydrogen-bond acceptors (Lipinski definition) is 4. The molecule has 0 spiro atoms. The van der Waals surface area contributed by atoms with E-state index in [1.54, 1.807) is 24.4 Å². The van der Waals surface area contributed by atoms with Gasteiger partial charge in [-0.2, -0.15) is 0 Å². The van der Waals surface area contributed by atoms with Crippen molar-refractivity contribution in [3.05, 3.63) is 59.4 Å². The number of carbonyl (C=O) groups is 1. The summed E-state index contributed by atoms with van der Waals surface area (Å²) in [7, 11) is -3.29. The largest absolute Gasteiger partial charge is 0.346 e. The van der Waals surface area contributed by atoms with Crippen molar-refractivity contribution < 1.29 is 13.2 Å². The van der Waals surface area contributed by atoms with Crippen LogP contribution in [0.3, 0.4) is 0 Å². The van der Waals surface area contributed by atoms with Gasteiger partial charge in [-0.3, -0.25) is 14.1 Å². The number of rotatable bonds is 4. The second-order valence-corrected chi connectivity index (χ2v) is 7.69. The molecule has 0 radical (unpaired) electrons. The van der Waals surface area contributed by atoms with Crippen LogP contribution < -0.4 is 9.62 Å². The molecule has 0 aliphatic carbocycles. The minimum absolute atomic E-state index is 0.195. The Bertz CT molecular complexity index is 851. The molecule has 0 saturated heterocycles. The Morgan fingerprint density at radius 2 is 2.12 bits per heavy atom. The van der Waals surface area contributed by atoms with E-state index in [2.05, 4.69) is 10.3 Å². The smallest absolute Gasteiger partial charge is 0.251 e. The zero-order valence-corrected chi connectivity index (χ0v) is 14.2. The van der Waals surface area contributed by atoms with E-state index in [0.717, 1.165) is 24.1 Å². The highest BCUT2D eigenvalue weighted by Gasteiger charge is 2.24. The van der Waals surface area contributed by atoms with Gasteiger partial charge in [0.1, 0.15) is 0 Å². The van der Waals surface area contributed by atoms with Gasteiger partial charge in [-0.1, -0.05) is 6.07 Å². The molecule has 1 N–H and O–H groups in total. The molecule has 1 aliphatic heterocycles. The summed E-state index contributed by atoms with van der Waals surface area (Å²) >= 11 is 0. The quantitative estimate of drug-likeness (QED) is 0.915. The van der Waals surface area contributed by atoms with E-state index in [0.29, 0.717) is 24.3 Å². The average Bonchev–Trinajstić information content (AvgIpc) is 2.58. The Balaban J connectivity index is 1.77. The summed E-state index contributed by atoms with van der Waals surface area (Å²) < 4.78 is 25.1. The minimum Gasteiger partial charge on any atom is -0.346 e. The fourth-order valence-corrected chi connectivity index (χ4v) is 3.82. The number of carbonyl (C=O) groups excluding carboxylic acids is 1. The molecule has 0 atom stereocenters. The second-order valence-electron chi connectivity index (χ2n) is 5.79. The molecule has 0 saturated carbocycles. The Morgan fingerprint density at radius 3 is 2.83 bits per heavy atom. The highest BCUT2D eigenvalue weighted by atomic mass is 32.2. The molecule has 126 valence electrons. The Labute approximate surface area is 141 Å². The zero-order valence-electron chi connectivity index (χ0n) is 13.4. The summed E-state index contributed by atoms with van der Waals surface area (Å²) in [5, 5.41) is 2.83. The Kier molecular flexibility index (Phi) is 4.53. The molecule has 6 nitrogen and oxygen atoms in total. The number of benzene rings is 1. The zero-order chi connectivity index (χ0) is 17.2. The molecule has 7 heteroatoms. The van der Waals surface area contributed by atoms with Gasteiger partial charge in [0.15, 0.2) is 0 Å². The topological polar surface area (TPSA) is 79.4 Å². The van der Waals surface area contributed by atoms with Gasteiger partial charge in [0.2, 0.25) is 10.0 Å². The van der Waals surface area contributed by atoms with Crippen LogP contribution in [0, 0.1) is 0 Å². The second kappa shape index (κ2) is 6.60. The summed E-state index contributed by atoms with van der Waals surface area (Å²) in [6, 6.07) is 10.7. The number of fused-ring (bicyclic) bond motifs is 1. The van der Waals surface area contributed by atoms with Crippen LogP contribution in [0.1, 0.15) is 28.0 Å². The van der Waals surface area contributed by atoms with Crippen molar-refractivity contribution in [2.24, 2.45) is 0 Å². The lowest BCUT2D eigenvalue weighted by atomic mass is 10.0. The van der Waals surface area contributed by atoms with E-state index in [4.69, 9.17) is 0 Å². The number of nitrogens with zero attached hydrogens (tertiary/aromatic N) is 2. The maximum atomic E-state index is 12.3. The third kappa shape index (κ3) is 3.56. The van der Waals surface area contributed by atoms with Gasteiger partial charge < -0.3 is 5.32 Å². The Morgan fingerprint density at radius 1 is 1.29 bits per heavy atom. The monoisotopic (exact) mass is 345 g/mol. The van der Waals surface area contributed by atoms with Crippen LogP contribution in [0.2, 0.25) is 0 Å². The van der Waals surface area contributed by atoms with Crippen LogP contribution in [-0.2, 0) is 23.0 Å². The molecule has 1 amide bonds. The molecule has 1 aromatic carbocycles. The predicted molar refractivity (Wildman–Crippen MR) is 92.4 cm³/mol. The maximum Gasteiger partial charge on any atom is 0.251 e. The number of amides is 1. The van der Waals surface area contributed by atoms with E-state index in [1.807, 2.05) is 18.2 Å². The lowest BCUT2D eigenvalue weighted by molar-refractivity contribution is 0.0950. The van der Waals surface area contributed by atoms with Crippen molar-refractivity contribution in [1.29, 1.82) is 0 Å². The number of hydrogen-bond donors (Lipinski definition) is 1. The minimum atomic E-state index is -3.29. The molecule has 0 unspecified atom stereocenters. The molecule has 1 aromatic heterocycles. The van der Waals surface area contributed by atoms with Gasteiger partial charge in [0, 0.05) is 18.3 Å². The van der Waals surface area contributed by atoms with Crippen molar-refractivity contribution in [3.63, 3.8) is 0 Å². The van der Waals surface area contributed by atoms with Crippen LogP contribution in [0.25, 0.3) is 0 Å². The SMILES string of the molecule is CS(=O)(=O)N1CCCc2cc(C(=O)NCc3ccccn3)ccc21. The van der Waals surface area contributed by atoms with Crippen molar-refractivity contribution in [2.45, 2.75) is 19.4 Å². The van der Waals surface area contributed by atoms with Crippen molar-refractivity contribution in [3.8, 4) is 0 Å². The number of aromatic nitrogens is 1. The molecule has 0 fully saturated rings. The summed E-state index contributed by atoms with van der Waals surface area (Å²) in [4.78, 5) is 16.5. The number of anilines is 1. The Hall–Kier alpha value is -2.41. The molecule has 0 bridgehead atoms. The first kappa shape index (κ1) is 16.4. The fourth-order valence-electron chi connectivity index (χ4n) is 2.82. The van der Waals surface area contributed by atoms with E-state index < -0.39 is 10.0 Å². The summed E-state index contributed by atoms with van der Waals surface area (Å²) in [6.45, 7) is 0.837. The number of nitrogens with one attached hydrogen (secondary N) is 1. The van der Waals surface area contributed by atoms with Crippen LogP contribution in [0.15, 0.2) is 42.6 Å². The summed E-state index contributed by atoms with van der Waals surface area (Å²) in [5.41, 5.74) is 2.87. The fraction of sp³-hybridized carbons (Fsp3) is 0.294. The van der Waals surface area contributed by atoms with Gasteiger partial charge >= 0.3 is 0 Å². The van der Waals surface area contributed by atoms with Crippen LogP contribution in [0.4, 0.5) is 5.69 Å². The normalized spacial score (nSPS) is 14.1. The van der Waals surface area contributed by atoms with Crippen LogP contribution in [0.5, 0.6) is 0 Å². The van der Waals surface area contributed by atoms with Crippen LogP contribution in [-0.4, -0.2) is 32.1 Å². The van der Waals surface area contributed by atoms with E-state index in [1.165, 1.54) is 10.6 Å². The molecular weight excluding hydrogens is 326 g/mol. The molecule has 24 heavy (non-hydrogen) atoms. The first-order chi connectivity index (χ1) is 11.4. The van der Waals surface area contributed by atoms with E-state index in [9.17, 15) is 13.2 Å². The molecule has 2 heterocycles. The van der Waals surface area contributed by atoms with Crippen LogP contribution >= 0.6 is 0 Å². The average molecular weight is 345 g/mol. The third-order valence-corrected chi connectivity index (χ3v) is 5.15. The van der Waals surface area contributed by atoms with Gasteiger partial charge in [0.25, 0.3) is 5.91 Å². The molecular formula is C17H19N3O3S. The van der Waals surface area contributed by atoms with E-state index >= 15 is 0 Å². The summed E-state index contributed by atoms with van der Waals surface area (Å²) in [5.74, 6) is -0.195. The summed E-state index contributed by atoms with van der Waals surface area (Å²) in [6.07, 6.45) is 4.40. The van der Waals surface area contributed by atoms with Crippen molar-refractivity contribution >= 4 is 21.6 Å². The van der Waals surface area contributed by atoms with Gasteiger partial charge in [-0.25, -0.2) is 8.42 Å². The van der Waals surface area contributed by atoms with Gasteiger partial charge in [-0.05, 0) is 48.7 Å². The predicted octanol–water partition coefficient (Wildman–Crippen LogP) is 1.72. The van der Waals surface area contributed by atoms with E-state index in [-0.39, 0.29) is 5.91 Å². The van der Waals surface area contributed by atoms with Crippen molar-refractivity contribution in [2.75, 3.05) is 17.1 Å². The van der Waals surface area contributed by atoms with Gasteiger partial charge in [-0.15, -0.1) is 0 Å². The number of sulfonamides is 1. The molecule has 2 aromatic rings. The highest BCUT2D eigenvalue weighted by Crippen LogP contribution is 2.29. The highest BCUT2D eigenvalue weighted by molar-refractivity contribution is 7.92. The first-order valence-electron chi connectivity index (χ1n) is 7.74. The molecule has 1 aliphatic rings. The standard InChI is InChI=1S/C17H19N3O3S/c1-24(22,23)20-10-4-5-13-11-14(7-8-16(13)20)17(21)19-12-15-6-2-3-9-18-15/h2-3,6-9,11H,4-5,10,12H2,1H3,(H,19,21). The van der Waals surface area contributed by atoms with Gasteiger partial charge in [0.05, 0.1) is 24.2 Å². The number of aryl methyl sites for hydroxylation is 1. The lowest BCUT2D eigenvalue weighted by Crippen LogP contribution is -2.34. The first-order valence-corrected chi connectivity index (χ1v) is 9.59. The lowest BCUT2D eigenvalue weighted by Gasteiger charge is -2.29. The maximum absolute atomic E-state index is 12.3.